The van der Waals surface area contributed by atoms with Gasteiger partial charge in [0.2, 0.25) is 0 Å². The second kappa shape index (κ2) is 7.96. The van der Waals surface area contributed by atoms with E-state index in [0.717, 1.165) is 0 Å². The highest BCUT2D eigenvalue weighted by molar-refractivity contribution is 6.01. The Hall–Kier alpha value is -1.70. The number of allylic oxidation sites excluding steroid dienone is 4. The predicted molar refractivity (Wildman–Crippen MR) is 116 cm³/mol. The molecule has 3 saturated carbocycles. The van der Waals surface area contributed by atoms with Crippen molar-refractivity contribution in [3.05, 3.63) is 23.8 Å². The molecule has 0 aromatic rings. The maximum atomic E-state index is 16.9. The van der Waals surface area contributed by atoms with Crippen LogP contribution in [0.1, 0.15) is 60.3 Å². The Balaban J connectivity index is 0.000000668. The molecule has 6 nitrogen and oxygen atoms in total. The average molecular weight is 451 g/mol. The van der Waals surface area contributed by atoms with Crippen LogP contribution < -0.4 is 0 Å². The van der Waals surface area contributed by atoms with Gasteiger partial charge in [-0.15, -0.1) is 0 Å². The monoisotopic (exact) mass is 450 g/mol. The van der Waals surface area contributed by atoms with Crippen molar-refractivity contribution >= 4 is 17.3 Å². The third-order valence-electron chi connectivity index (χ3n) is 8.79. The van der Waals surface area contributed by atoms with Crippen LogP contribution in [0.4, 0.5) is 4.39 Å². The van der Waals surface area contributed by atoms with Gasteiger partial charge in [0.1, 0.15) is 18.0 Å². The largest absolute Gasteiger partial charge is 0.390 e. The fourth-order valence-electron chi connectivity index (χ4n) is 7.26. The summed E-state index contributed by atoms with van der Waals surface area (Å²) in [5.41, 5.74) is -5.17. The number of ketones is 3. The number of aliphatic hydroxyl groups excluding tert-OH is 2. The zero-order chi connectivity index (χ0) is 24.3. The molecule has 0 radical (unpaired) electrons. The molecule has 178 valence electrons. The number of rotatable bonds is 2. The lowest BCUT2D eigenvalue weighted by Crippen LogP contribution is -2.69. The van der Waals surface area contributed by atoms with Crippen molar-refractivity contribution in [3.8, 4) is 0 Å². The summed E-state index contributed by atoms with van der Waals surface area (Å²) in [6, 6.07) is 0. The first kappa shape index (κ1) is 24.9. The number of halogens is 1. The third kappa shape index (κ3) is 3.11. The molecular formula is C25H35FO6. The van der Waals surface area contributed by atoms with Crippen molar-refractivity contribution in [1.82, 2.24) is 0 Å². The van der Waals surface area contributed by atoms with E-state index in [1.165, 1.54) is 26.0 Å². The van der Waals surface area contributed by atoms with E-state index in [0.29, 0.717) is 24.8 Å². The van der Waals surface area contributed by atoms with Crippen molar-refractivity contribution in [2.45, 2.75) is 77.7 Å². The molecule has 0 bridgehead atoms. The first-order chi connectivity index (χ1) is 14.7. The first-order valence-electron chi connectivity index (χ1n) is 11.3. The van der Waals surface area contributed by atoms with E-state index in [1.54, 1.807) is 26.8 Å². The number of fused-ring (bicyclic) bond motifs is 5. The Morgan fingerprint density at radius 2 is 1.81 bits per heavy atom. The van der Waals surface area contributed by atoms with Crippen LogP contribution in [0.15, 0.2) is 23.8 Å². The summed E-state index contributed by atoms with van der Waals surface area (Å²) in [6.45, 7) is 7.54. The van der Waals surface area contributed by atoms with Crippen LogP contribution in [0.5, 0.6) is 0 Å². The van der Waals surface area contributed by atoms with Gasteiger partial charge in [0, 0.05) is 16.7 Å². The topological polar surface area (TPSA) is 112 Å². The summed E-state index contributed by atoms with van der Waals surface area (Å²) in [7, 11) is 0. The summed E-state index contributed by atoms with van der Waals surface area (Å²) in [6.07, 6.45) is 4.44. The molecule has 4 aliphatic rings. The zero-order valence-electron chi connectivity index (χ0n) is 19.5. The SMILES string of the molecule is CC(C)=O.C[C@@H]1C[C@H]2[C@@H]3CCC4=CC(=O)C=C[C@]4(C)[C@@]3(F)[C@@H](O)C[C@]2(C)[C@@]1(O)C(=O)CO. The molecule has 4 rings (SSSR count). The van der Waals surface area contributed by atoms with E-state index in [2.05, 4.69) is 0 Å². The Morgan fingerprint density at radius 3 is 2.38 bits per heavy atom. The molecule has 0 saturated heterocycles. The number of carbonyl (C=O) groups is 3. The van der Waals surface area contributed by atoms with Crippen molar-refractivity contribution < 1.29 is 34.1 Å². The molecule has 7 heteroatoms. The molecule has 0 unspecified atom stereocenters. The molecule has 0 aromatic heterocycles. The van der Waals surface area contributed by atoms with Crippen molar-refractivity contribution in [1.29, 1.82) is 0 Å². The highest BCUT2D eigenvalue weighted by Gasteiger charge is 2.75. The maximum Gasteiger partial charge on any atom is 0.190 e. The smallest absolute Gasteiger partial charge is 0.190 e. The summed E-state index contributed by atoms with van der Waals surface area (Å²) >= 11 is 0. The quantitative estimate of drug-likeness (QED) is 0.596. The number of aliphatic hydroxyl groups is 3. The normalized spacial score (nSPS) is 46.8. The van der Waals surface area contributed by atoms with Crippen LogP contribution >= 0.6 is 0 Å². The van der Waals surface area contributed by atoms with Gasteiger partial charge in [-0.2, -0.15) is 0 Å². The first-order valence-corrected chi connectivity index (χ1v) is 11.3. The minimum absolute atomic E-state index is 0.0676. The fourth-order valence-corrected chi connectivity index (χ4v) is 7.26. The highest BCUT2D eigenvalue weighted by Crippen LogP contribution is 2.70. The van der Waals surface area contributed by atoms with Crippen molar-refractivity contribution in [2.24, 2.45) is 28.6 Å². The number of Topliss-reactive ketones (excluding diaryl/α,β-unsaturated/α-hetero) is 2. The molecule has 32 heavy (non-hydrogen) atoms. The molecule has 4 aliphatic carbocycles. The van der Waals surface area contributed by atoms with Gasteiger partial charge in [-0.1, -0.05) is 25.5 Å². The molecular weight excluding hydrogens is 415 g/mol. The minimum Gasteiger partial charge on any atom is -0.390 e. The third-order valence-corrected chi connectivity index (χ3v) is 8.79. The molecule has 8 atom stereocenters. The molecule has 0 aliphatic heterocycles. The molecule has 3 fully saturated rings. The van der Waals surface area contributed by atoms with Gasteiger partial charge < -0.3 is 20.1 Å². The van der Waals surface area contributed by atoms with E-state index in [9.17, 15) is 29.7 Å². The number of hydrogen-bond acceptors (Lipinski definition) is 6. The van der Waals surface area contributed by atoms with E-state index in [1.807, 2.05) is 0 Å². The number of hydrogen-bond donors (Lipinski definition) is 3. The van der Waals surface area contributed by atoms with Crippen LogP contribution in [0, 0.1) is 28.6 Å². The second-order valence-electron chi connectivity index (χ2n) is 10.7. The predicted octanol–water partition coefficient (Wildman–Crippen LogP) is 2.49. The average Bonchev–Trinajstić information content (AvgIpc) is 2.90. The Morgan fingerprint density at radius 1 is 1.22 bits per heavy atom. The lowest BCUT2D eigenvalue weighted by Gasteiger charge is -2.62. The standard InChI is InChI=1S/C22H29FO5.C3H6O/c1-12-8-16-15-5-4-13-9-14(25)6-7-19(13,2)21(15,23)17(26)10-20(16,3)22(12,28)18(27)11-24;1-3(2)4/h6-7,9,12,15-17,24,26,28H,4-5,8,10-11H2,1-3H3;1-2H3/t12-,15+,16+,17+,19+,20+,21+,22+;/m1./s1. The lowest BCUT2D eigenvalue weighted by molar-refractivity contribution is -0.219. The summed E-state index contributed by atoms with van der Waals surface area (Å²) < 4.78 is 16.9. The molecule has 0 spiro atoms. The van der Waals surface area contributed by atoms with Crippen molar-refractivity contribution in [3.63, 3.8) is 0 Å². The van der Waals surface area contributed by atoms with E-state index >= 15 is 4.39 Å². The zero-order valence-corrected chi connectivity index (χ0v) is 19.5. The van der Waals surface area contributed by atoms with Crippen molar-refractivity contribution in [2.75, 3.05) is 6.61 Å². The van der Waals surface area contributed by atoms with Gasteiger partial charge in [-0.3, -0.25) is 9.59 Å². The molecule has 0 aromatic carbocycles. The van der Waals surface area contributed by atoms with Crippen LogP contribution in [0.3, 0.4) is 0 Å². The van der Waals surface area contributed by atoms with Gasteiger partial charge >= 0.3 is 0 Å². The van der Waals surface area contributed by atoms with Crippen LogP contribution in [-0.4, -0.2) is 56.6 Å². The highest BCUT2D eigenvalue weighted by atomic mass is 19.1. The number of alkyl halides is 1. The van der Waals surface area contributed by atoms with Gasteiger partial charge in [0.15, 0.2) is 17.2 Å². The molecule has 3 N–H and O–H groups in total. The van der Waals surface area contributed by atoms with E-state index in [4.69, 9.17) is 0 Å². The summed E-state index contributed by atoms with van der Waals surface area (Å²) in [4.78, 5) is 33.8. The van der Waals surface area contributed by atoms with Gasteiger partial charge in [0.05, 0.1) is 6.10 Å². The number of carbonyl (C=O) groups excluding carboxylic acids is 3. The van der Waals surface area contributed by atoms with E-state index < -0.39 is 52.4 Å². The van der Waals surface area contributed by atoms with Gasteiger partial charge in [-0.05, 0) is 70.4 Å². The van der Waals surface area contributed by atoms with Gasteiger partial charge in [0.25, 0.3) is 0 Å². The summed E-state index contributed by atoms with van der Waals surface area (Å²) in [5.74, 6) is -1.95. The van der Waals surface area contributed by atoms with Crippen LogP contribution in [-0.2, 0) is 14.4 Å². The molecule has 0 amide bonds. The summed E-state index contributed by atoms with van der Waals surface area (Å²) in [5, 5.41) is 32.0. The van der Waals surface area contributed by atoms with Crippen LogP contribution in [0.2, 0.25) is 0 Å². The second-order valence-corrected chi connectivity index (χ2v) is 10.7. The maximum absolute atomic E-state index is 16.9. The Labute approximate surface area is 188 Å². The van der Waals surface area contributed by atoms with Crippen LogP contribution in [0.25, 0.3) is 0 Å². The Bertz CT molecular complexity index is 891. The van der Waals surface area contributed by atoms with E-state index in [-0.39, 0.29) is 23.9 Å². The van der Waals surface area contributed by atoms with Gasteiger partial charge in [-0.25, -0.2) is 4.39 Å². The lowest BCUT2D eigenvalue weighted by atomic mass is 9.44. The minimum atomic E-state index is -1.98. The molecule has 0 heterocycles. The Kier molecular flexibility index (Phi) is 6.20. The fraction of sp³-hybridized carbons (Fsp3) is 0.720.